The Labute approximate surface area is 131 Å². The summed E-state index contributed by atoms with van der Waals surface area (Å²) in [5, 5.41) is 9.71. The quantitative estimate of drug-likeness (QED) is 0.630. The molecule has 6 heteroatoms. The molecule has 1 N–H and O–H groups in total. The van der Waals surface area contributed by atoms with E-state index in [-0.39, 0.29) is 16.4 Å². The molecule has 0 radical (unpaired) electrons. The van der Waals surface area contributed by atoms with Crippen LogP contribution in [0.25, 0.3) is 0 Å². The molecule has 2 aromatic rings. The van der Waals surface area contributed by atoms with Gasteiger partial charge in [-0.2, -0.15) is 8.42 Å². The summed E-state index contributed by atoms with van der Waals surface area (Å²) < 4.78 is 30.2. The van der Waals surface area contributed by atoms with Gasteiger partial charge in [-0.05, 0) is 60.7 Å². The molecule has 2 aromatic carbocycles. The van der Waals surface area contributed by atoms with Gasteiger partial charge in [0.05, 0.1) is 0 Å². The van der Waals surface area contributed by atoms with E-state index in [1.54, 1.807) is 31.2 Å². The van der Waals surface area contributed by atoms with E-state index in [1.165, 1.54) is 12.1 Å². The van der Waals surface area contributed by atoms with Crippen molar-refractivity contribution < 1.29 is 17.7 Å². The lowest BCUT2D eigenvalue weighted by molar-refractivity contribution is 0.457. The smallest absolute Gasteiger partial charge is 0.339 e. The van der Waals surface area contributed by atoms with Crippen LogP contribution < -0.4 is 4.18 Å². The number of benzene rings is 2. The lowest BCUT2D eigenvalue weighted by atomic mass is 10.2. The molecular formula is C14H13IO4S. The molecule has 20 heavy (non-hydrogen) atoms. The molecule has 0 saturated carbocycles. The summed E-state index contributed by atoms with van der Waals surface area (Å²) in [6, 6.07) is 9.51. The molecular weight excluding hydrogens is 391 g/mol. The van der Waals surface area contributed by atoms with Crippen LogP contribution in [0.5, 0.6) is 11.5 Å². The number of hydrogen-bond acceptors (Lipinski definition) is 4. The third-order valence-electron chi connectivity index (χ3n) is 2.81. The first-order chi connectivity index (χ1) is 9.29. The summed E-state index contributed by atoms with van der Waals surface area (Å²) in [5.41, 5.74) is 1.35. The van der Waals surface area contributed by atoms with Crippen molar-refractivity contribution in [3.8, 4) is 11.5 Å². The molecule has 0 atom stereocenters. The summed E-state index contributed by atoms with van der Waals surface area (Å²) in [5.74, 6) is 0.140. The van der Waals surface area contributed by atoms with E-state index < -0.39 is 10.1 Å². The number of phenols is 1. The van der Waals surface area contributed by atoms with Gasteiger partial charge < -0.3 is 9.29 Å². The highest BCUT2D eigenvalue weighted by Gasteiger charge is 2.19. The SMILES string of the molecule is Cc1ccc(S(=O)(=O)Oc2cc(I)cc(O)c2C)cc1. The largest absolute Gasteiger partial charge is 0.508 e. The molecule has 0 bridgehead atoms. The highest BCUT2D eigenvalue weighted by molar-refractivity contribution is 14.1. The van der Waals surface area contributed by atoms with Crippen LogP contribution in [-0.2, 0) is 10.1 Å². The first kappa shape index (κ1) is 15.1. The van der Waals surface area contributed by atoms with Crippen molar-refractivity contribution >= 4 is 32.7 Å². The van der Waals surface area contributed by atoms with E-state index >= 15 is 0 Å². The zero-order valence-electron chi connectivity index (χ0n) is 10.9. The van der Waals surface area contributed by atoms with Crippen molar-refractivity contribution in [2.75, 3.05) is 0 Å². The van der Waals surface area contributed by atoms with Gasteiger partial charge in [0.25, 0.3) is 0 Å². The number of aryl methyl sites for hydroxylation is 1. The molecule has 0 saturated heterocycles. The maximum atomic E-state index is 12.2. The minimum Gasteiger partial charge on any atom is -0.508 e. The van der Waals surface area contributed by atoms with Crippen molar-refractivity contribution in [2.45, 2.75) is 18.7 Å². The van der Waals surface area contributed by atoms with Crippen LogP contribution in [0.3, 0.4) is 0 Å². The van der Waals surface area contributed by atoms with E-state index in [1.807, 2.05) is 29.5 Å². The molecule has 0 amide bonds. The second-order valence-corrected chi connectivity index (χ2v) is 7.19. The highest BCUT2D eigenvalue weighted by Crippen LogP contribution is 2.31. The molecule has 2 rings (SSSR count). The Kier molecular flexibility index (Phi) is 4.24. The second-order valence-electron chi connectivity index (χ2n) is 4.40. The second kappa shape index (κ2) is 5.61. The maximum absolute atomic E-state index is 12.2. The average Bonchev–Trinajstić information content (AvgIpc) is 2.35. The fraction of sp³-hybridized carbons (Fsp3) is 0.143. The van der Waals surface area contributed by atoms with Gasteiger partial charge in [-0.1, -0.05) is 17.7 Å². The predicted molar refractivity (Wildman–Crippen MR) is 84.6 cm³/mol. The first-order valence-electron chi connectivity index (χ1n) is 5.80. The van der Waals surface area contributed by atoms with Gasteiger partial charge in [-0.25, -0.2) is 0 Å². The number of hydrogen-bond donors (Lipinski definition) is 1. The van der Waals surface area contributed by atoms with E-state index in [0.717, 1.165) is 5.56 Å². The molecule has 0 heterocycles. The van der Waals surface area contributed by atoms with Crippen molar-refractivity contribution in [1.29, 1.82) is 0 Å². The fourth-order valence-electron chi connectivity index (χ4n) is 1.60. The summed E-state index contributed by atoms with van der Waals surface area (Å²) >= 11 is 1.98. The van der Waals surface area contributed by atoms with Crippen LogP contribution in [-0.4, -0.2) is 13.5 Å². The van der Waals surface area contributed by atoms with Gasteiger partial charge in [-0.15, -0.1) is 0 Å². The van der Waals surface area contributed by atoms with E-state index in [0.29, 0.717) is 9.13 Å². The number of rotatable bonds is 3. The summed E-state index contributed by atoms with van der Waals surface area (Å²) in [4.78, 5) is 0.0841. The van der Waals surface area contributed by atoms with Crippen molar-refractivity contribution in [3.05, 3.63) is 51.1 Å². The fourth-order valence-corrected chi connectivity index (χ4v) is 3.15. The molecule has 0 aliphatic heterocycles. The Morgan fingerprint density at radius 3 is 2.30 bits per heavy atom. The third kappa shape index (κ3) is 3.24. The summed E-state index contributed by atoms with van der Waals surface area (Å²) in [6.07, 6.45) is 0. The summed E-state index contributed by atoms with van der Waals surface area (Å²) in [7, 11) is -3.90. The Morgan fingerprint density at radius 1 is 1.10 bits per heavy atom. The number of phenolic OH excluding ortho intramolecular Hbond substituents is 1. The van der Waals surface area contributed by atoms with Crippen molar-refractivity contribution in [1.82, 2.24) is 0 Å². The number of aromatic hydroxyl groups is 1. The zero-order valence-corrected chi connectivity index (χ0v) is 13.9. The van der Waals surface area contributed by atoms with Gasteiger partial charge in [0.2, 0.25) is 0 Å². The Balaban J connectivity index is 2.41. The Hall–Kier alpha value is -1.28. The molecule has 106 valence electrons. The average molecular weight is 404 g/mol. The molecule has 0 aliphatic carbocycles. The van der Waals surface area contributed by atoms with Crippen LogP contribution in [0, 0.1) is 17.4 Å². The lowest BCUT2D eigenvalue weighted by Gasteiger charge is -2.11. The van der Waals surface area contributed by atoms with Crippen LogP contribution in [0.15, 0.2) is 41.3 Å². The molecule has 0 aromatic heterocycles. The van der Waals surface area contributed by atoms with Crippen molar-refractivity contribution in [3.63, 3.8) is 0 Å². The lowest BCUT2D eigenvalue weighted by Crippen LogP contribution is -2.10. The maximum Gasteiger partial charge on any atom is 0.339 e. The van der Waals surface area contributed by atoms with Gasteiger partial charge in [0.15, 0.2) is 5.75 Å². The standard InChI is InChI=1S/C14H13IO4S/c1-9-3-5-12(6-4-9)20(17,18)19-14-8-11(15)7-13(16)10(14)2/h3-8,16H,1-2H3. The van der Waals surface area contributed by atoms with Gasteiger partial charge in [0.1, 0.15) is 10.6 Å². The monoisotopic (exact) mass is 404 g/mol. The van der Waals surface area contributed by atoms with E-state index in [2.05, 4.69) is 0 Å². The molecule has 0 unspecified atom stereocenters. The van der Waals surface area contributed by atoms with Crippen LogP contribution >= 0.6 is 22.6 Å². The third-order valence-corrected chi connectivity index (χ3v) is 4.68. The molecule has 0 spiro atoms. The van der Waals surface area contributed by atoms with Crippen LogP contribution in [0.4, 0.5) is 0 Å². The predicted octanol–water partition coefficient (Wildman–Crippen LogP) is 3.38. The Morgan fingerprint density at radius 2 is 1.70 bits per heavy atom. The first-order valence-corrected chi connectivity index (χ1v) is 8.28. The van der Waals surface area contributed by atoms with Crippen LogP contribution in [0.2, 0.25) is 0 Å². The Bertz CT molecular complexity index is 737. The molecule has 4 nitrogen and oxygen atoms in total. The van der Waals surface area contributed by atoms with Gasteiger partial charge >= 0.3 is 10.1 Å². The number of halogens is 1. The highest BCUT2D eigenvalue weighted by atomic mass is 127. The van der Waals surface area contributed by atoms with Gasteiger partial charge in [0, 0.05) is 9.13 Å². The molecule has 0 fully saturated rings. The van der Waals surface area contributed by atoms with E-state index in [9.17, 15) is 13.5 Å². The minimum absolute atomic E-state index is 0.00556. The minimum atomic E-state index is -3.90. The van der Waals surface area contributed by atoms with Crippen molar-refractivity contribution in [2.24, 2.45) is 0 Å². The summed E-state index contributed by atoms with van der Waals surface area (Å²) in [6.45, 7) is 3.48. The van der Waals surface area contributed by atoms with E-state index in [4.69, 9.17) is 4.18 Å². The normalized spacial score (nSPS) is 11.3. The zero-order chi connectivity index (χ0) is 14.9. The topological polar surface area (TPSA) is 63.6 Å². The van der Waals surface area contributed by atoms with Crippen LogP contribution in [0.1, 0.15) is 11.1 Å². The van der Waals surface area contributed by atoms with Gasteiger partial charge in [-0.3, -0.25) is 0 Å². The molecule has 0 aliphatic rings.